The molecule has 0 unspecified atom stereocenters. The Balaban J connectivity index is 2.27. The molecule has 3 nitrogen and oxygen atoms in total. The number of nitrogens with one attached hydrogen (secondary N) is 1. The third-order valence-corrected chi connectivity index (χ3v) is 3.44. The molecule has 1 N–H and O–H groups in total. The van der Waals surface area contributed by atoms with E-state index >= 15 is 0 Å². The van der Waals surface area contributed by atoms with Gasteiger partial charge in [-0.3, -0.25) is 0 Å². The number of halogens is 2. The highest BCUT2D eigenvalue weighted by Gasteiger charge is 2.09. The predicted molar refractivity (Wildman–Crippen MR) is 84.2 cm³/mol. The Kier molecular flexibility index (Phi) is 4.53. The van der Waals surface area contributed by atoms with Crippen LogP contribution in [0.2, 0.25) is 5.02 Å². The molecule has 0 aliphatic rings. The third-order valence-electron chi connectivity index (χ3n) is 2.64. The topological polar surface area (TPSA) is 29.9 Å². The number of benzene rings is 1. The van der Waals surface area contributed by atoms with Gasteiger partial charge in [0, 0.05) is 17.2 Å². The monoisotopic (exact) mass is 341 g/mol. The van der Waals surface area contributed by atoms with Crippen LogP contribution in [0.4, 0.5) is 11.6 Å². The molecule has 1 aromatic carbocycles. The molecule has 0 radical (unpaired) electrons. The van der Waals surface area contributed by atoms with Crippen molar-refractivity contribution in [1.82, 2.24) is 9.55 Å². The second-order valence-electron chi connectivity index (χ2n) is 5.00. The number of anilines is 2. The van der Waals surface area contributed by atoms with Crippen LogP contribution in [0, 0.1) is 12.8 Å². The Morgan fingerprint density at radius 1 is 1.42 bits per heavy atom. The lowest BCUT2D eigenvalue weighted by Gasteiger charge is -2.12. The van der Waals surface area contributed by atoms with Crippen LogP contribution >= 0.6 is 27.5 Å². The molecule has 0 saturated carbocycles. The summed E-state index contributed by atoms with van der Waals surface area (Å²) in [5.74, 6) is 1.39. The van der Waals surface area contributed by atoms with Gasteiger partial charge in [-0.25, -0.2) is 4.98 Å². The molecule has 5 heteroatoms. The van der Waals surface area contributed by atoms with Gasteiger partial charge >= 0.3 is 0 Å². The molecular weight excluding hydrogens is 326 g/mol. The van der Waals surface area contributed by atoms with E-state index in [1.165, 1.54) is 0 Å². The zero-order chi connectivity index (χ0) is 14.0. The molecule has 0 amide bonds. The Bertz CT molecular complexity index is 578. The van der Waals surface area contributed by atoms with Crippen molar-refractivity contribution in [3.05, 3.63) is 39.6 Å². The Labute approximate surface area is 127 Å². The molecule has 1 heterocycles. The normalized spacial score (nSPS) is 11.1. The van der Waals surface area contributed by atoms with Crippen LogP contribution in [0.25, 0.3) is 0 Å². The fourth-order valence-electron chi connectivity index (χ4n) is 1.89. The summed E-state index contributed by atoms with van der Waals surface area (Å²) in [5, 5.41) is 3.97. The SMILES string of the molecule is Cc1cn(CC(C)C)c(Nc2ccc(Br)cc2Cl)n1. The van der Waals surface area contributed by atoms with Crippen molar-refractivity contribution in [1.29, 1.82) is 0 Å². The van der Waals surface area contributed by atoms with E-state index < -0.39 is 0 Å². The Morgan fingerprint density at radius 2 is 2.16 bits per heavy atom. The largest absolute Gasteiger partial charge is 0.324 e. The molecule has 0 bridgehead atoms. The standard InChI is InChI=1S/C14H17BrClN3/c1-9(2)7-19-8-10(3)17-14(19)18-13-5-4-11(15)6-12(13)16/h4-6,8-9H,7H2,1-3H3,(H,17,18). The molecule has 0 atom stereocenters. The van der Waals surface area contributed by atoms with Crippen molar-refractivity contribution in [2.45, 2.75) is 27.3 Å². The first-order valence-corrected chi connectivity index (χ1v) is 7.38. The molecule has 0 aliphatic heterocycles. The summed E-state index contributed by atoms with van der Waals surface area (Å²) in [6, 6.07) is 5.76. The summed E-state index contributed by atoms with van der Waals surface area (Å²) < 4.78 is 3.09. The molecule has 0 saturated heterocycles. The van der Waals surface area contributed by atoms with Crippen LogP contribution in [0.5, 0.6) is 0 Å². The lowest BCUT2D eigenvalue weighted by Crippen LogP contribution is -2.07. The van der Waals surface area contributed by atoms with E-state index in [1.807, 2.05) is 25.1 Å². The van der Waals surface area contributed by atoms with Gasteiger partial charge in [-0.2, -0.15) is 0 Å². The number of nitrogens with zero attached hydrogens (tertiary/aromatic N) is 2. The maximum atomic E-state index is 6.21. The van der Waals surface area contributed by atoms with Crippen LogP contribution in [0.1, 0.15) is 19.5 Å². The van der Waals surface area contributed by atoms with Crippen LogP contribution in [0.3, 0.4) is 0 Å². The fourth-order valence-corrected chi connectivity index (χ4v) is 2.61. The van der Waals surface area contributed by atoms with E-state index in [1.54, 1.807) is 0 Å². The van der Waals surface area contributed by atoms with Crippen molar-refractivity contribution in [2.24, 2.45) is 5.92 Å². The van der Waals surface area contributed by atoms with Crippen LogP contribution in [-0.2, 0) is 6.54 Å². The highest BCUT2D eigenvalue weighted by molar-refractivity contribution is 9.10. The van der Waals surface area contributed by atoms with Gasteiger partial charge in [0.1, 0.15) is 0 Å². The summed E-state index contributed by atoms with van der Waals surface area (Å²) in [4.78, 5) is 4.50. The summed E-state index contributed by atoms with van der Waals surface area (Å²) in [7, 11) is 0. The number of hydrogen-bond donors (Lipinski definition) is 1. The predicted octanol–water partition coefficient (Wildman–Crippen LogP) is 5.01. The van der Waals surface area contributed by atoms with Crippen LogP contribution in [0.15, 0.2) is 28.9 Å². The fraction of sp³-hybridized carbons (Fsp3) is 0.357. The summed E-state index contributed by atoms with van der Waals surface area (Å²) in [6.07, 6.45) is 2.05. The van der Waals surface area contributed by atoms with Crippen molar-refractivity contribution in [3.63, 3.8) is 0 Å². The molecule has 102 valence electrons. The minimum Gasteiger partial charge on any atom is -0.324 e. The Morgan fingerprint density at radius 3 is 2.79 bits per heavy atom. The number of aryl methyl sites for hydroxylation is 1. The number of imidazole rings is 1. The van der Waals surface area contributed by atoms with Gasteiger partial charge < -0.3 is 9.88 Å². The van der Waals surface area contributed by atoms with E-state index in [0.717, 1.165) is 28.3 Å². The molecule has 2 aromatic rings. The van der Waals surface area contributed by atoms with Gasteiger partial charge in [-0.05, 0) is 31.0 Å². The Hall–Kier alpha value is -1.00. The zero-order valence-corrected chi connectivity index (χ0v) is 13.6. The highest BCUT2D eigenvalue weighted by Crippen LogP contribution is 2.28. The first-order valence-electron chi connectivity index (χ1n) is 6.21. The number of aromatic nitrogens is 2. The average Bonchev–Trinajstić information content (AvgIpc) is 2.62. The lowest BCUT2D eigenvalue weighted by molar-refractivity contribution is 0.527. The van der Waals surface area contributed by atoms with E-state index in [9.17, 15) is 0 Å². The number of rotatable bonds is 4. The van der Waals surface area contributed by atoms with Gasteiger partial charge in [-0.1, -0.05) is 41.4 Å². The lowest BCUT2D eigenvalue weighted by atomic mass is 10.2. The molecular formula is C14H17BrClN3. The maximum Gasteiger partial charge on any atom is 0.207 e. The van der Waals surface area contributed by atoms with Gasteiger partial charge in [0.05, 0.1) is 16.4 Å². The van der Waals surface area contributed by atoms with Crippen LogP contribution < -0.4 is 5.32 Å². The van der Waals surface area contributed by atoms with Gasteiger partial charge in [0.2, 0.25) is 5.95 Å². The molecule has 0 spiro atoms. The maximum absolute atomic E-state index is 6.21. The van der Waals surface area contributed by atoms with Gasteiger partial charge in [-0.15, -0.1) is 0 Å². The second-order valence-corrected chi connectivity index (χ2v) is 6.32. The summed E-state index contributed by atoms with van der Waals surface area (Å²) in [5.41, 5.74) is 1.86. The smallest absolute Gasteiger partial charge is 0.207 e. The van der Waals surface area contributed by atoms with E-state index in [-0.39, 0.29) is 0 Å². The second kappa shape index (κ2) is 5.97. The van der Waals surface area contributed by atoms with E-state index in [0.29, 0.717) is 10.9 Å². The van der Waals surface area contributed by atoms with E-state index in [2.05, 4.69) is 50.8 Å². The summed E-state index contributed by atoms with van der Waals surface area (Å²) in [6.45, 7) is 7.29. The highest BCUT2D eigenvalue weighted by atomic mass is 79.9. The van der Waals surface area contributed by atoms with Crippen molar-refractivity contribution < 1.29 is 0 Å². The first-order chi connectivity index (χ1) is 8.95. The molecule has 2 rings (SSSR count). The zero-order valence-electron chi connectivity index (χ0n) is 11.2. The minimum atomic E-state index is 0.564. The van der Waals surface area contributed by atoms with Crippen LogP contribution in [-0.4, -0.2) is 9.55 Å². The molecule has 0 fully saturated rings. The van der Waals surface area contributed by atoms with Gasteiger partial charge in [0.15, 0.2) is 0 Å². The summed E-state index contributed by atoms with van der Waals surface area (Å²) >= 11 is 9.61. The van der Waals surface area contributed by atoms with Gasteiger partial charge in [0.25, 0.3) is 0 Å². The molecule has 19 heavy (non-hydrogen) atoms. The molecule has 0 aliphatic carbocycles. The first kappa shape index (κ1) is 14.4. The quantitative estimate of drug-likeness (QED) is 0.846. The number of hydrogen-bond acceptors (Lipinski definition) is 2. The van der Waals surface area contributed by atoms with Crippen molar-refractivity contribution in [3.8, 4) is 0 Å². The average molecular weight is 343 g/mol. The van der Waals surface area contributed by atoms with E-state index in [4.69, 9.17) is 11.6 Å². The van der Waals surface area contributed by atoms with Crippen molar-refractivity contribution >= 4 is 39.2 Å². The van der Waals surface area contributed by atoms with Crippen molar-refractivity contribution in [2.75, 3.05) is 5.32 Å². The third kappa shape index (κ3) is 3.74. The minimum absolute atomic E-state index is 0.564. The molecule has 1 aromatic heterocycles.